The van der Waals surface area contributed by atoms with Gasteiger partial charge in [0.1, 0.15) is 17.7 Å². The molecule has 0 saturated carbocycles. The maximum atomic E-state index is 9.58. The van der Waals surface area contributed by atoms with E-state index in [1.54, 1.807) is 0 Å². The number of hydrogen-bond donors (Lipinski definition) is 1. The molecule has 126 valence electrons. The molecule has 3 aliphatic heterocycles. The van der Waals surface area contributed by atoms with E-state index in [2.05, 4.69) is 23.1 Å². The summed E-state index contributed by atoms with van der Waals surface area (Å²) < 4.78 is 5.51. The SMILES string of the molecule is CN(c1nc(N2CC(O)C2)nc2c1[S+](C)CC2)C1CCOCC1. The van der Waals surface area contributed by atoms with Gasteiger partial charge in [-0.15, -0.1) is 0 Å². The smallest absolute Gasteiger partial charge is 0.228 e. The second kappa shape index (κ2) is 6.11. The lowest BCUT2D eigenvalue weighted by molar-refractivity contribution is 0.0852. The fourth-order valence-corrected chi connectivity index (χ4v) is 5.35. The largest absolute Gasteiger partial charge is 0.389 e. The van der Waals surface area contributed by atoms with E-state index in [4.69, 9.17) is 14.7 Å². The summed E-state index contributed by atoms with van der Waals surface area (Å²) in [7, 11) is 2.41. The van der Waals surface area contributed by atoms with Crippen LogP contribution in [-0.2, 0) is 22.1 Å². The van der Waals surface area contributed by atoms with Gasteiger partial charge in [-0.05, 0) is 12.8 Å². The molecule has 1 aromatic rings. The Balaban J connectivity index is 1.68. The highest BCUT2D eigenvalue weighted by Gasteiger charge is 2.39. The lowest BCUT2D eigenvalue weighted by atomic mass is 10.1. The molecule has 1 aromatic heterocycles. The van der Waals surface area contributed by atoms with Gasteiger partial charge in [0.25, 0.3) is 0 Å². The predicted octanol–water partition coefficient (Wildman–Crippen LogP) is 0.436. The minimum absolute atomic E-state index is 0.232. The Bertz CT molecular complexity index is 588. The van der Waals surface area contributed by atoms with Crippen LogP contribution in [0.5, 0.6) is 0 Å². The quantitative estimate of drug-likeness (QED) is 0.808. The van der Waals surface area contributed by atoms with Crippen LogP contribution < -0.4 is 9.80 Å². The number of hydrogen-bond acceptors (Lipinski definition) is 6. The van der Waals surface area contributed by atoms with Gasteiger partial charge in [0.15, 0.2) is 5.82 Å². The molecule has 7 heteroatoms. The lowest BCUT2D eigenvalue weighted by Crippen LogP contribution is -2.51. The standard InChI is InChI=1S/C16H25N4O2S/c1-19(11-3-6-22-7-4-11)15-14-13(5-8-23(14)2)17-16(18-15)20-9-12(21)10-20/h11-12,21H,3-10H2,1-2H3/q+1. The van der Waals surface area contributed by atoms with Gasteiger partial charge in [0.2, 0.25) is 10.8 Å². The molecular weight excluding hydrogens is 312 g/mol. The number of aliphatic hydroxyl groups excluding tert-OH is 1. The topological polar surface area (TPSA) is 61.7 Å². The second-order valence-corrected chi connectivity index (χ2v) is 8.82. The molecule has 4 heterocycles. The van der Waals surface area contributed by atoms with Crippen LogP contribution in [0.4, 0.5) is 11.8 Å². The molecule has 6 nitrogen and oxygen atoms in total. The Morgan fingerprint density at radius 2 is 2.00 bits per heavy atom. The number of fused-ring (bicyclic) bond motifs is 1. The van der Waals surface area contributed by atoms with Crippen LogP contribution in [0.2, 0.25) is 0 Å². The van der Waals surface area contributed by atoms with Crippen molar-refractivity contribution in [2.75, 3.05) is 55.2 Å². The van der Waals surface area contributed by atoms with Crippen molar-refractivity contribution in [1.82, 2.24) is 9.97 Å². The van der Waals surface area contributed by atoms with E-state index in [0.717, 1.165) is 44.2 Å². The van der Waals surface area contributed by atoms with Crippen molar-refractivity contribution in [2.24, 2.45) is 0 Å². The summed E-state index contributed by atoms with van der Waals surface area (Å²) in [5.74, 6) is 3.09. The Morgan fingerprint density at radius 3 is 2.70 bits per heavy atom. The number of rotatable bonds is 3. The highest BCUT2D eigenvalue weighted by Crippen LogP contribution is 2.36. The maximum Gasteiger partial charge on any atom is 0.228 e. The van der Waals surface area contributed by atoms with Crippen LogP contribution in [0.25, 0.3) is 0 Å². The van der Waals surface area contributed by atoms with Crippen molar-refractivity contribution in [2.45, 2.75) is 36.3 Å². The molecule has 2 saturated heterocycles. The molecule has 0 spiro atoms. The van der Waals surface area contributed by atoms with Gasteiger partial charge in [0.05, 0.1) is 6.10 Å². The summed E-state index contributed by atoms with van der Waals surface area (Å²) in [5, 5.41) is 9.58. The molecule has 4 rings (SSSR count). The van der Waals surface area contributed by atoms with Crippen molar-refractivity contribution in [3.63, 3.8) is 0 Å². The fourth-order valence-electron chi connectivity index (χ4n) is 3.59. The van der Waals surface area contributed by atoms with E-state index in [9.17, 15) is 5.11 Å². The minimum Gasteiger partial charge on any atom is -0.389 e. The Kier molecular flexibility index (Phi) is 4.11. The van der Waals surface area contributed by atoms with E-state index < -0.39 is 0 Å². The number of aliphatic hydroxyl groups is 1. The van der Waals surface area contributed by atoms with E-state index in [1.165, 1.54) is 16.3 Å². The minimum atomic E-state index is -0.232. The Hall–Kier alpha value is -1.05. The number of ether oxygens (including phenoxy) is 1. The first-order valence-corrected chi connectivity index (χ1v) is 10.2. The van der Waals surface area contributed by atoms with Crippen molar-refractivity contribution in [3.05, 3.63) is 5.69 Å². The van der Waals surface area contributed by atoms with E-state index in [-0.39, 0.29) is 17.0 Å². The van der Waals surface area contributed by atoms with Crippen LogP contribution in [0.3, 0.4) is 0 Å². The lowest BCUT2D eigenvalue weighted by Gasteiger charge is -2.37. The zero-order valence-corrected chi connectivity index (χ0v) is 14.7. The number of aryl methyl sites for hydroxylation is 1. The Morgan fingerprint density at radius 1 is 1.26 bits per heavy atom. The molecule has 3 aliphatic rings. The average molecular weight is 337 g/mol. The van der Waals surface area contributed by atoms with Crippen LogP contribution >= 0.6 is 0 Å². The van der Waals surface area contributed by atoms with Crippen LogP contribution in [0, 0.1) is 0 Å². The van der Waals surface area contributed by atoms with E-state index in [0.29, 0.717) is 19.1 Å². The summed E-state index contributed by atoms with van der Waals surface area (Å²) >= 11 is 0. The summed E-state index contributed by atoms with van der Waals surface area (Å²) in [6, 6.07) is 0.496. The Labute approximate surface area is 140 Å². The van der Waals surface area contributed by atoms with Gasteiger partial charge in [0, 0.05) is 56.7 Å². The number of β-amino-alcohol motifs (C(OH)–C–C–N with tert-alkyl or cyclic N) is 1. The predicted molar refractivity (Wildman–Crippen MR) is 92.6 cm³/mol. The first-order valence-electron chi connectivity index (χ1n) is 8.40. The molecule has 0 amide bonds. The van der Waals surface area contributed by atoms with Crippen LogP contribution in [-0.4, -0.2) is 72.6 Å². The van der Waals surface area contributed by atoms with Crippen LogP contribution in [0.15, 0.2) is 4.90 Å². The molecular formula is C16H25N4O2S+. The number of nitrogens with zero attached hydrogens (tertiary/aromatic N) is 4. The zero-order chi connectivity index (χ0) is 16.0. The summed E-state index contributed by atoms with van der Waals surface area (Å²) in [5.41, 5.74) is 1.22. The molecule has 0 radical (unpaired) electrons. The summed E-state index contributed by atoms with van der Waals surface area (Å²) in [6.45, 7) is 2.98. The summed E-state index contributed by atoms with van der Waals surface area (Å²) in [4.78, 5) is 15.5. The van der Waals surface area contributed by atoms with E-state index in [1.807, 2.05) is 0 Å². The van der Waals surface area contributed by atoms with Crippen molar-refractivity contribution in [1.29, 1.82) is 0 Å². The molecule has 23 heavy (non-hydrogen) atoms. The van der Waals surface area contributed by atoms with E-state index >= 15 is 0 Å². The normalized spacial score (nSPS) is 25.3. The molecule has 1 atom stereocenters. The average Bonchev–Trinajstić information content (AvgIpc) is 2.92. The fraction of sp³-hybridized carbons (Fsp3) is 0.750. The third kappa shape index (κ3) is 2.79. The number of aromatic nitrogens is 2. The first-order chi connectivity index (χ1) is 11.1. The highest BCUT2D eigenvalue weighted by molar-refractivity contribution is 7.96. The third-order valence-electron chi connectivity index (χ3n) is 5.12. The number of anilines is 2. The first kappa shape index (κ1) is 15.5. The second-order valence-electron chi connectivity index (χ2n) is 6.73. The third-order valence-corrected chi connectivity index (χ3v) is 7.05. The van der Waals surface area contributed by atoms with Crippen molar-refractivity contribution >= 4 is 22.7 Å². The summed E-state index contributed by atoms with van der Waals surface area (Å²) in [6.07, 6.45) is 5.25. The van der Waals surface area contributed by atoms with Gasteiger partial charge < -0.3 is 19.6 Å². The molecule has 1 N–H and O–H groups in total. The van der Waals surface area contributed by atoms with Gasteiger partial charge in [-0.1, -0.05) is 0 Å². The highest BCUT2D eigenvalue weighted by atomic mass is 32.2. The van der Waals surface area contributed by atoms with Crippen molar-refractivity contribution in [3.8, 4) is 0 Å². The molecule has 0 bridgehead atoms. The molecule has 1 unspecified atom stereocenters. The molecule has 0 aliphatic carbocycles. The van der Waals surface area contributed by atoms with Gasteiger partial charge in [-0.25, -0.2) is 4.98 Å². The zero-order valence-electron chi connectivity index (χ0n) is 13.9. The maximum absolute atomic E-state index is 9.58. The molecule has 2 fully saturated rings. The van der Waals surface area contributed by atoms with Crippen molar-refractivity contribution < 1.29 is 9.84 Å². The molecule has 0 aromatic carbocycles. The monoisotopic (exact) mass is 337 g/mol. The van der Waals surface area contributed by atoms with Gasteiger partial charge in [-0.2, -0.15) is 4.98 Å². The van der Waals surface area contributed by atoms with Gasteiger partial charge >= 0.3 is 0 Å². The van der Waals surface area contributed by atoms with Gasteiger partial charge in [-0.3, -0.25) is 0 Å². The van der Waals surface area contributed by atoms with Crippen LogP contribution in [0.1, 0.15) is 18.5 Å².